The predicted octanol–water partition coefficient (Wildman–Crippen LogP) is 4.37. The molecule has 0 aromatic carbocycles. The van der Waals surface area contributed by atoms with Crippen LogP contribution in [0.1, 0.15) is 25.8 Å². The minimum atomic E-state index is -2.99. The lowest BCUT2D eigenvalue weighted by Crippen LogP contribution is -2.58. The summed E-state index contributed by atoms with van der Waals surface area (Å²) in [4.78, 5) is 6.51. The Morgan fingerprint density at radius 2 is 2.13 bits per heavy atom. The van der Waals surface area contributed by atoms with E-state index in [2.05, 4.69) is 42.9 Å². The summed E-state index contributed by atoms with van der Waals surface area (Å²) in [6.45, 7) is 3.21. The first kappa shape index (κ1) is 26.4. The Balaban J connectivity index is 1.46. The highest BCUT2D eigenvalue weighted by molar-refractivity contribution is 7.80. The summed E-state index contributed by atoms with van der Waals surface area (Å²) in [6, 6.07) is 8.07. The Labute approximate surface area is 232 Å². The minimum Gasteiger partial charge on any atom is -0.371 e. The van der Waals surface area contributed by atoms with Gasteiger partial charge in [0, 0.05) is 24.0 Å². The summed E-state index contributed by atoms with van der Waals surface area (Å²) in [5, 5.41) is 29.1. The molecule has 2 atom stereocenters. The van der Waals surface area contributed by atoms with E-state index in [1.54, 1.807) is 30.8 Å². The van der Waals surface area contributed by atoms with E-state index < -0.39 is 24.6 Å². The fraction of sp³-hybridized carbons (Fsp3) is 0.308. The number of nitrogens with zero attached hydrogens (tertiary/aromatic N) is 7. The molecule has 5 heterocycles. The number of pyridine rings is 1. The Morgan fingerprint density at radius 3 is 2.85 bits per heavy atom. The Morgan fingerprint density at radius 1 is 1.31 bits per heavy atom. The Hall–Kier alpha value is -4.20. The monoisotopic (exact) mass is 563 g/mol. The molecule has 2 N–H and O–H groups in total. The first-order valence-electron chi connectivity index (χ1n) is 12.0. The molecule has 4 aromatic heterocycles. The molecule has 0 aliphatic carbocycles. The van der Waals surface area contributed by atoms with E-state index in [4.69, 9.17) is 18.6 Å². The summed E-state index contributed by atoms with van der Waals surface area (Å²) in [7, 11) is 0. The van der Waals surface area contributed by atoms with Crippen molar-refractivity contribution in [3.05, 3.63) is 42.2 Å². The summed E-state index contributed by atoms with van der Waals surface area (Å²) >= 11 is 6.15. The average molecular weight is 564 g/mol. The fourth-order valence-electron chi connectivity index (χ4n) is 4.40. The van der Waals surface area contributed by atoms with E-state index in [1.807, 2.05) is 24.3 Å². The number of hydrogen-bond donors (Lipinski definition) is 2. The number of hydrogen-bond acceptors (Lipinski definition) is 9. The molecule has 1 aliphatic rings. The van der Waals surface area contributed by atoms with Crippen molar-refractivity contribution >= 4 is 44.9 Å². The first-order valence-corrected chi connectivity index (χ1v) is 13.3. The van der Waals surface area contributed by atoms with Crippen molar-refractivity contribution in [2.45, 2.75) is 38.3 Å². The van der Waals surface area contributed by atoms with Crippen LogP contribution in [0.4, 0.5) is 19.6 Å². The van der Waals surface area contributed by atoms with Gasteiger partial charge in [-0.05, 0) is 44.5 Å². The standard InChI is InChI=1S/C26H23F2N9S2/c1-4-17-9-18-5-6-22(37(18)31-12-17)21-10-20(32-15(2)11-29)19(13-30-21)24-34-35-25(39-24)36-8-7-23(33-16(3)38)26(27,28)14-36/h1,5-6,9-10,12-13,15,23H,7-8,14H2,2-3H3,(H,30,32)(H,33,38)/t15-,23-/m1/s1. The second-order valence-corrected chi connectivity index (χ2v) is 10.7. The lowest BCUT2D eigenvalue weighted by molar-refractivity contribution is -0.0365. The summed E-state index contributed by atoms with van der Waals surface area (Å²) in [6.07, 6.45) is 8.93. The van der Waals surface area contributed by atoms with Gasteiger partial charge in [0.1, 0.15) is 6.04 Å². The maximum Gasteiger partial charge on any atom is 0.284 e. The number of terminal acetylenes is 1. The molecule has 1 fully saturated rings. The molecule has 5 rings (SSSR count). The molecule has 13 heteroatoms. The van der Waals surface area contributed by atoms with Gasteiger partial charge in [0.15, 0.2) is 5.01 Å². The fourth-order valence-corrected chi connectivity index (χ4v) is 5.44. The lowest BCUT2D eigenvalue weighted by atomic mass is 10.0. The van der Waals surface area contributed by atoms with Gasteiger partial charge >= 0.3 is 0 Å². The van der Waals surface area contributed by atoms with Crippen LogP contribution in [0.25, 0.3) is 27.5 Å². The van der Waals surface area contributed by atoms with Crippen LogP contribution in [0.2, 0.25) is 0 Å². The predicted molar refractivity (Wildman–Crippen MR) is 151 cm³/mol. The summed E-state index contributed by atoms with van der Waals surface area (Å²) in [5.74, 6) is -0.415. The average Bonchev–Trinajstić information content (AvgIpc) is 3.56. The second-order valence-electron chi connectivity index (χ2n) is 9.17. The maximum absolute atomic E-state index is 14.8. The zero-order valence-electron chi connectivity index (χ0n) is 21.0. The molecular weight excluding hydrogens is 540 g/mol. The highest BCUT2D eigenvalue weighted by Gasteiger charge is 2.45. The number of alkyl halides is 2. The number of anilines is 2. The molecule has 1 saturated heterocycles. The van der Waals surface area contributed by atoms with E-state index in [1.165, 1.54) is 16.2 Å². The second kappa shape index (κ2) is 10.5. The minimum absolute atomic E-state index is 0.209. The van der Waals surface area contributed by atoms with Crippen molar-refractivity contribution in [2.75, 3.05) is 23.3 Å². The molecule has 0 bridgehead atoms. The van der Waals surface area contributed by atoms with Crippen LogP contribution in [0.5, 0.6) is 0 Å². The van der Waals surface area contributed by atoms with Crippen molar-refractivity contribution < 1.29 is 8.78 Å². The molecule has 4 aromatic rings. The van der Waals surface area contributed by atoms with Crippen molar-refractivity contribution in [3.8, 4) is 40.4 Å². The highest BCUT2D eigenvalue weighted by Crippen LogP contribution is 2.38. The third-order valence-corrected chi connectivity index (χ3v) is 7.43. The molecule has 0 unspecified atom stereocenters. The molecule has 0 spiro atoms. The number of nitriles is 1. The topological polar surface area (TPSA) is 107 Å². The van der Waals surface area contributed by atoms with E-state index in [-0.39, 0.29) is 6.42 Å². The third-order valence-electron chi connectivity index (χ3n) is 6.29. The van der Waals surface area contributed by atoms with Crippen LogP contribution < -0.4 is 15.5 Å². The van der Waals surface area contributed by atoms with Gasteiger partial charge < -0.3 is 15.5 Å². The van der Waals surface area contributed by atoms with Gasteiger partial charge in [-0.15, -0.1) is 16.6 Å². The smallest absolute Gasteiger partial charge is 0.284 e. The van der Waals surface area contributed by atoms with Crippen LogP contribution >= 0.6 is 23.6 Å². The van der Waals surface area contributed by atoms with Gasteiger partial charge in [0.2, 0.25) is 5.13 Å². The zero-order valence-corrected chi connectivity index (χ0v) is 22.7. The number of aromatic nitrogens is 5. The van der Waals surface area contributed by atoms with Gasteiger partial charge in [-0.25, -0.2) is 13.3 Å². The number of rotatable bonds is 6. The number of fused-ring (bicyclic) bond motifs is 1. The molecule has 0 saturated carbocycles. The largest absolute Gasteiger partial charge is 0.371 e. The van der Waals surface area contributed by atoms with Gasteiger partial charge in [-0.1, -0.05) is 29.5 Å². The molecule has 198 valence electrons. The van der Waals surface area contributed by atoms with Gasteiger partial charge in [-0.2, -0.15) is 10.4 Å². The van der Waals surface area contributed by atoms with Crippen LogP contribution in [-0.2, 0) is 0 Å². The normalized spacial score (nSPS) is 17.3. The van der Waals surface area contributed by atoms with Crippen LogP contribution in [-0.4, -0.2) is 60.9 Å². The molecule has 1 aliphatic heterocycles. The van der Waals surface area contributed by atoms with E-state index in [0.717, 1.165) is 11.2 Å². The van der Waals surface area contributed by atoms with Crippen molar-refractivity contribution in [2.24, 2.45) is 0 Å². The van der Waals surface area contributed by atoms with Crippen LogP contribution in [0, 0.1) is 23.7 Å². The zero-order chi connectivity index (χ0) is 27.7. The van der Waals surface area contributed by atoms with Crippen molar-refractivity contribution in [3.63, 3.8) is 0 Å². The van der Waals surface area contributed by atoms with E-state index >= 15 is 0 Å². The maximum atomic E-state index is 14.8. The van der Waals surface area contributed by atoms with E-state index in [0.29, 0.717) is 44.2 Å². The molecular formula is C26H23F2N9S2. The SMILES string of the molecule is C#Cc1cnn2c(-c3cc(N[C@H](C)C#N)c(-c4nnc(N5CC[C@@H](NC(C)=S)C(F)(F)C5)s4)cn3)ccc2c1. The molecule has 9 nitrogen and oxygen atoms in total. The third kappa shape index (κ3) is 5.37. The summed E-state index contributed by atoms with van der Waals surface area (Å²) in [5.41, 5.74) is 4.04. The lowest BCUT2D eigenvalue weighted by Gasteiger charge is -2.38. The Bertz CT molecular complexity index is 1630. The van der Waals surface area contributed by atoms with Gasteiger partial charge in [0.25, 0.3) is 5.92 Å². The summed E-state index contributed by atoms with van der Waals surface area (Å²) < 4.78 is 31.3. The highest BCUT2D eigenvalue weighted by atomic mass is 32.1. The Kier molecular flexibility index (Phi) is 7.12. The molecule has 39 heavy (non-hydrogen) atoms. The number of thiocarbonyl (C=S) groups is 1. The van der Waals surface area contributed by atoms with E-state index in [9.17, 15) is 14.0 Å². The van der Waals surface area contributed by atoms with Crippen molar-refractivity contribution in [1.29, 1.82) is 5.26 Å². The quantitative estimate of drug-likeness (QED) is 0.261. The van der Waals surface area contributed by atoms with Gasteiger partial charge in [-0.3, -0.25) is 4.98 Å². The van der Waals surface area contributed by atoms with Crippen LogP contribution in [0.3, 0.4) is 0 Å². The number of nitrogens with one attached hydrogen (secondary N) is 2. The van der Waals surface area contributed by atoms with Crippen molar-refractivity contribution in [1.82, 2.24) is 30.1 Å². The number of halogens is 2. The molecule has 0 amide bonds. The van der Waals surface area contributed by atoms with Gasteiger partial charge in [0.05, 0.1) is 52.3 Å². The van der Waals surface area contributed by atoms with Crippen LogP contribution in [0.15, 0.2) is 36.7 Å². The first-order chi connectivity index (χ1) is 18.7. The number of piperidine rings is 1. The molecule has 0 radical (unpaired) electrons.